The third-order valence-electron chi connectivity index (χ3n) is 4.31. The Hall–Kier alpha value is -2.91. The zero-order valence-electron chi connectivity index (χ0n) is 16.4. The number of benzene rings is 2. The van der Waals surface area contributed by atoms with Crippen molar-refractivity contribution in [2.45, 2.75) is 44.2 Å². The minimum atomic E-state index is -3.97. The van der Waals surface area contributed by atoms with Gasteiger partial charge in [0.15, 0.2) is 0 Å². The topological polar surface area (TPSA) is 121 Å². The quantitative estimate of drug-likeness (QED) is 0.510. The zero-order chi connectivity index (χ0) is 21.2. The minimum Gasteiger partial charge on any atom is -0.463 e. The summed E-state index contributed by atoms with van der Waals surface area (Å²) in [6.45, 7) is 5.38. The van der Waals surface area contributed by atoms with Crippen molar-refractivity contribution < 1.29 is 17.9 Å². The maximum absolute atomic E-state index is 13.0. The monoisotopic (exact) mass is 417 g/mol. The maximum Gasteiger partial charge on any atom is 0.323 e. The van der Waals surface area contributed by atoms with Crippen LogP contribution >= 0.6 is 0 Å². The molecule has 3 aromatic rings. The Morgan fingerprint density at radius 2 is 1.72 bits per heavy atom. The van der Waals surface area contributed by atoms with Gasteiger partial charge in [0.2, 0.25) is 10.0 Å². The van der Waals surface area contributed by atoms with Crippen LogP contribution in [0.4, 0.5) is 0 Å². The lowest BCUT2D eigenvalue weighted by Gasteiger charge is -2.20. The Bertz CT molecular complexity index is 1180. The lowest BCUT2D eigenvalue weighted by molar-refractivity contribution is -0.147. The number of imidazole rings is 1. The van der Waals surface area contributed by atoms with Crippen LogP contribution in [0.1, 0.15) is 37.4 Å². The van der Waals surface area contributed by atoms with E-state index in [1.54, 1.807) is 26.0 Å². The number of rotatable bonds is 7. The van der Waals surface area contributed by atoms with Gasteiger partial charge < -0.3 is 14.7 Å². The standard InChI is InChI=1S/C20H23N3O5S/c1-12(2)28-19(24)11-17(14-6-4-13(3)5-7-14)23-29(26,27)15-8-9-16-18(10-15)22-20(25)21-16/h4-10,12,17,23H,11H2,1-3H3,(H2,21,22,25)/t17-/m1/s1. The summed E-state index contributed by atoms with van der Waals surface area (Å²) in [4.78, 5) is 28.7. The van der Waals surface area contributed by atoms with E-state index in [9.17, 15) is 18.0 Å². The number of aromatic nitrogens is 2. The van der Waals surface area contributed by atoms with E-state index in [4.69, 9.17) is 4.74 Å². The van der Waals surface area contributed by atoms with Gasteiger partial charge in [0.1, 0.15) is 0 Å². The average molecular weight is 417 g/mol. The molecule has 9 heteroatoms. The van der Waals surface area contributed by atoms with E-state index in [2.05, 4.69) is 14.7 Å². The van der Waals surface area contributed by atoms with E-state index in [0.29, 0.717) is 16.6 Å². The number of sulfonamides is 1. The Morgan fingerprint density at radius 3 is 2.38 bits per heavy atom. The lowest BCUT2D eigenvalue weighted by Crippen LogP contribution is -2.31. The molecule has 2 aromatic carbocycles. The van der Waals surface area contributed by atoms with Gasteiger partial charge in [-0.25, -0.2) is 17.9 Å². The van der Waals surface area contributed by atoms with Crippen molar-refractivity contribution in [2.24, 2.45) is 0 Å². The molecule has 0 bridgehead atoms. The first kappa shape index (κ1) is 20.8. The fourth-order valence-electron chi connectivity index (χ4n) is 2.94. The van der Waals surface area contributed by atoms with Gasteiger partial charge in [0.25, 0.3) is 0 Å². The van der Waals surface area contributed by atoms with E-state index in [1.807, 2.05) is 19.1 Å². The maximum atomic E-state index is 13.0. The Kier molecular flexibility index (Phi) is 5.90. The summed E-state index contributed by atoms with van der Waals surface area (Å²) in [6, 6.07) is 10.7. The highest BCUT2D eigenvalue weighted by Crippen LogP contribution is 2.23. The van der Waals surface area contributed by atoms with Gasteiger partial charge >= 0.3 is 11.7 Å². The number of nitrogens with one attached hydrogen (secondary N) is 3. The minimum absolute atomic E-state index is 0.0189. The van der Waals surface area contributed by atoms with Gasteiger partial charge in [-0.3, -0.25) is 4.79 Å². The molecule has 0 aliphatic heterocycles. The van der Waals surface area contributed by atoms with Gasteiger partial charge in [-0.2, -0.15) is 0 Å². The van der Waals surface area contributed by atoms with E-state index in [-0.39, 0.29) is 17.4 Å². The Labute approximate surface area is 168 Å². The van der Waals surface area contributed by atoms with Gasteiger partial charge in [-0.1, -0.05) is 29.8 Å². The van der Waals surface area contributed by atoms with Crippen LogP contribution in [-0.4, -0.2) is 30.5 Å². The second-order valence-electron chi connectivity index (χ2n) is 7.11. The van der Waals surface area contributed by atoms with Gasteiger partial charge in [0.05, 0.1) is 34.5 Å². The molecule has 0 amide bonds. The molecule has 1 atom stereocenters. The molecular formula is C20H23N3O5S. The first-order chi connectivity index (χ1) is 13.6. The summed E-state index contributed by atoms with van der Waals surface area (Å²) >= 11 is 0. The summed E-state index contributed by atoms with van der Waals surface area (Å²) in [5.74, 6) is -0.501. The van der Waals surface area contributed by atoms with Crippen LogP contribution in [0.15, 0.2) is 52.2 Å². The number of carbonyl (C=O) groups is 1. The number of aryl methyl sites for hydroxylation is 1. The predicted molar refractivity (Wildman–Crippen MR) is 109 cm³/mol. The fourth-order valence-corrected chi connectivity index (χ4v) is 4.19. The van der Waals surface area contributed by atoms with Crippen molar-refractivity contribution in [3.8, 4) is 0 Å². The second kappa shape index (κ2) is 8.22. The number of carbonyl (C=O) groups excluding carboxylic acids is 1. The van der Waals surface area contributed by atoms with Crippen LogP contribution in [0, 0.1) is 6.92 Å². The van der Waals surface area contributed by atoms with Crippen molar-refractivity contribution in [3.05, 3.63) is 64.1 Å². The van der Waals surface area contributed by atoms with E-state index >= 15 is 0 Å². The molecule has 1 aromatic heterocycles. The molecule has 0 aliphatic carbocycles. The number of hydrogen-bond donors (Lipinski definition) is 3. The molecule has 0 spiro atoms. The molecule has 3 rings (SSSR count). The summed E-state index contributed by atoms with van der Waals surface area (Å²) < 4.78 is 33.7. The van der Waals surface area contributed by atoms with E-state index in [1.165, 1.54) is 18.2 Å². The van der Waals surface area contributed by atoms with Crippen molar-refractivity contribution in [3.63, 3.8) is 0 Å². The third-order valence-corrected chi connectivity index (χ3v) is 5.78. The number of esters is 1. The van der Waals surface area contributed by atoms with E-state index < -0.39 is 27.7 Å². The molecule has 8 nitrogen and oxygen atoms in total. The van der Waals surface area contributed by atoms with Gasteiger partial charge in [-0.15, -0.1) is 0 Å². The Balaban J connectivity index is 1.92. The van der Waals surface area contributed by atoms with E-state index in [0.717, 1.165) is 5.56 Å². The van der Waals surface area contributed by atoms with Crippen LogP contribution in [0.5, 0.6) is 0 Å². The smallest absolute Gasteiger partial charge is 0.323 e. The summed E-state index contributed by atoms with van der Waals surface area (Å²) in [5, 5.41) is 0. The third kappa shape index (κ3) is 5.12. The largest absolute Gasteiger partial charge is 0.463 e. The van der Waals surface area contributed by atoms with Crippen molar-refractivity contribution in [2.75, 3.05) is 0 Å². The number of ether oxygens (including phenoxy) is 1. The van der Waals surface area contributed by atoms with Crippen molar-refractivity contribution in [1.29, 1.82) is 0 Å². The highest BCUT2D eigenvalue weighted by molar-refractivity contribution is 7.89. The van der Waals surface area contributed by atoms with Crippen LogP contribution in [-0.2, 0) is 19.6 Å². The van der Waals surface area contributed by atoms with Crippen molar-refractivity contribution in [1.82, 2.24) is 14.7 Å². The molecule has 0 aliphatic rings. The number of fused-ring (bicyclic) bond motifs is 1. The molecule has 0 saturated carbocycles. The molecule has 0 saturated heterocycles. The highest BCUT2D eigenvalue weighted by Gasteiger charge is 2.25. The van der Waals surface area contributed by atoms with Crippen LogP contribution in [0.2, 0.25) is 0 Å². The highest BCUT2D eigenvalue weighted by atomic mass is 32.2. The van der Waals surface area contributed by atoms with Crippen molar-refractivity contribution >= 4 is 27.0 Å². The van der Waals surface area contributed by atoms with Crippen LogP contribution in [0.3, 0.4) is 0 Å². The first-order valence-electron chi connectivity index (χ1n) is 9.14. The number of aromatic amines is 2. The fraction of sp³-hybridized carbons (Fsp3) is 0.300. The molecule has 154 valence electrons. The molecule has 1 heterocycles. The molecular weight excluding hydrogens is 394 g/mol. The van der Waals surface area contributed by atoms with Crippen LogP contribution < -0.4 is 10.4 Å². The summed E-state index contributed by atoms with van der Waals surface area (Å²) in [6.07, 6.45) is -0.449. The molecule has 0 unspecified atom stereocenters. The lowest BCUT2D eigenvalue weighted by atomic mass is 10.0. The SMILES string of the molecule is Cc1ccc([C@@H](CC(=O)OC(C)C)NS(=O)(=O)c2ccc3[nH]c(=O)[nH]c3c2)cc1. The summed E-state index contributed by atoms with van der Waals surface area (Å²) in [7, 11) is -3.97. The molecule has 29 heavy (non-hydrogen) atoms. The zero-order valence-corrected chi connectivity index (χ0v) is 17.2. The second-order valence-corrected chi connectivity index (χ2v) is 8.83. The first-order valence-corrected chi connectivity index (χ1v) is 10.6. The van der Waals surface area contributed by atoms with Gasteiger partial charge in [-0.05, 0) is 44.5 Å². The molecule has 0 radical (unpaired) electrons. The van der Waals surface area contributed by atoms with Crippen LogP contribution in [0.25, 0.3) is 11.0 Å². The predicted octanol–water partition coefficient (Wildman–Crippen LogP) is 2.53. The number of hydrogen-bond acceptors (Lipinski definition) is 5. The Morgan fingerprint density at radius 1 is 1.07 bits per heavy atom. The molecule has 0 fully saturated rings. The van der Waals surface area contributed by atoms with Gasteiger partial charge in [0, 0.05) is 0 Å². The average Bonchev–Trinajstić information content (AvgIpc) is 3.00. The number of H-pyrrole nitrogens is 2. The summed E-state index contributed by atoms with van der Waals surface area (Å²) in [5.41, 5.74) is 2.13. The normalized spacial score (nSPS) is 13.0. The molecule has 3 N–H and O–H groups in total.